The third kappa shape index (κ3) is 2.66. The molecule has 130 valence electrons. The fourth-order valence-corrected chi connectivity index (χ4v) is 5.08. The molecule has 2 aromatic carbocycles. The van der Waals surface area contributed by atoms with E-state index < -0.39 is 0 Å². The van der Waals surface area contributed by atoms with Crippen LogP contribution in [0.4, 0.5) is 0 Å². The fraction of sp³-hybridized carbons (Fsp3) is 0.227. The third-order valence-electron chi connectivity index (χ3n) is 5.32. The van der Waals surface area contributed by atoms with Gasteiger partial charge in [0.05, 0.1) is 0 Å². The standard InChI is InChI=1S/C22H19NO2S/c24-21-13-16(14-23-11-3-7-18(23)20-8-4-12-26-20)22-17-6-2-1-5-15(17)9-10-19(22)25-21/h1-2,4-6,8-10,12-13,18H,3,7,11,14H2/t18-/m0/s1. The van der Waals surface area contributed by atoms with Gasteiger partial charge in [0.2, 0.25) is 0 Å². The minimum atomic E-state index is -0.269. The molecule has 0 unspecified atom stereocenters. The van der Waals surface area contributed by atoms with Crippen LogP contribution in [0.5, 0.6) is 0 Å². The van der Waals surface area contributed by atoms with E-state index in [2.05, 4.69) is 34.5 Å². The maximum absolute atomic E-state index is 12.1. The van der Waals surface area contributed by atoms with Gasteiger partial charge in [0, 0.05) is 28.9 Å². The monoisotopic (exact) mass is 361 g/mol. The highest BCUT2D eigenvalue weighted by Gasteiger charge is 2.27. The highest BCUT2D eigenvalue weighted by molar-refractivity contribution is 7.10. The maximum Gasteiger partial charge on any atom is 0.336 e. The molecular formula is C22H19NO2S. The number of fused-ring (bicyclic) bond motifs is 3. The van der Waals surface area contributed by atoms with Crippen LogP contribution in [0.2, 0.25) is 0 Å². The van der Waals surface area contributed by atoms with E-state index in [1.165, 1.54) is 23.1 Å². The molecular weight excluding hydrogens is 342 g/mol. The van der Waals surface area contributed by atoms with Gasteiger partial charge in [-0.05, 0) is 53.2 Å². The predicted octanol–water partition coefficient (Wildman–Crippen LogP) is 5.34. The lowest BCUT2D eigenvalue weighted by Gasteiger charge is -2.24. The molecule has 2 aromatic heterocycles. The van der Waals surface area contributed by atoms with Crippen molar-refractivity contribution in [2.24, 2.45) is 0 Å². The second kappa shape index (κ2) is 6.38. The Morgan fingerprint density at radius 2 is 2.04 bits per heavy atom. The van der Waals surface area contributed by atoms with Crippen molar-refractivity contribution in [2.45, 2.75) is 25.4 Å². The van der Waals surface area contributed by atoms with Crippen molar-refractivity contribution >= 4 is 33.1 Å². The average Bonchev–Trinajstić information content (AvgIpc) is 3.32. The van der Waals surface area contributed by atoms with E-state index in [1.807, 2.05) is 35.6 Å². The number of hydrogen-bond donors (Lipinski definition) is 0. The topological polar surface area (TPSA) is 33.5 Å². The number of rotatable bonds is 3. The minimum absolute atomic E-state index is 0.269. The smallest absolute Gasteiger partial charge is 0.336 e. The van der Waals surface area contributed by atoms with Gasteiger partial charge in [0.1, 0.15) is 5.58 Å². The molecule has 0 spiro atoms. The Kier molecular flexibility index (Phi) is 3.88. The zero-order valence-electron chi connectivity index (χ0n) is 14.4. The number of hydrogen-bond acceptors (Lipinski definition) is 4. The van der Waals surface area contributed by atoms with E-state index in [1.54, 1.807) is 6.07 Å². The summed E-state index contributed by atoms with van der Waals surface area (Å²) >= 11 is 1.82. The van der Waals surface area contributed by atoms with Crippen molar-refractivity contribution in [3.8, 4) is 0 Å². The van der Waals surface area contributed by atoms with Crippen LogP contribution in [0, 0.1) is 0 Å². The van der Waals surface area contributed by atoms with Crippen molar-refractivity contribution in [1.82, 2.24) is 4.90 Å². The first-order valence-corrected chi connectivity index (χ1v) is 9.89. The molecule has 0 bridgehead atoms. The van der Waals surface area contributed by atoms with Crippen molar-refractivity contribution in [1.29, 1.82) is 0 Å². The zero-order chi connectivity index (χ0) is 17.5. The van der Waals surface area contributed by atoms with Gasteiger partial charge in [-0.25, -0.2) is 4.79 Å². The lowest BCUT2D eigenvalue weighted by Crippen LogP contribution is -2.23. The molecule has 0 saturated carbocycles. The van der Waals surface area contributed by atoms with Gasteiger partial charge in [-0.2, -0.15) is 0 Å². The maximum atomic E-state index is 12.1. The second-order valence-electron chi connectivity index (χ2n) is 6.89. The van der Waals surface area contributed by atoms with E-state index in [4.69, 9.17) is 4.42 Å². The lowest BCUT2D eigenvalue weighted by atomic mass is 10.0. The van der Waals surface area contributed by atoms with Crippen LogP contribution in [0.25, 0.3) is 21.7 Å². The summed E-state index contributed by atoms with van der Waals surface area (Å²) in [7, 11) is 0. The first-order chi connectivity index (χ1) is 12.8. The van der Waals surface area contributed by atoms with Gasteiger partial charge in [0.15, 0.2) is 0 Å². The summed E-state index contributed by atoms with van der Waals surface area (Å²) in [5.41, 5.74) is 1.48. The van der Waals surface area contributed by atoms with Gasteiger partial charge < -0.3 is 4.42 Å². The number of nitrogens with zero attached hydrogens (tertiary/aromatic N) is 1. The van der Waals surface area contributed by atoms with Crippen LogP contribution in [0.15, 0.2) is 69.2 Å². The molecule has 4 heteroatoms. The Morgan fingerprint density at radius 1 is 1.12 bits per heavy atom. The highest BCUT2D eigenvalue weighted by Crippen LogP contribution is 2.37. The SMILES string of the molecule is O=c1cc(CN2CCC[C@H]2c2cccs2)c2c(ccc3ccccc32)o1. The fourth-order valence-electron chi connectivity index (χ4n) is 4.18. The molecule has 1 saturated heterocycles. The van der Waals surface area contributed by atoms with Crippen molar-refractivity contribution in [2.75, 3.05) is 6.54 Å². The summed E-state index contributed by atoms with van der Waals surface area (Å²) in [5.74, 6) is 0. The molecule has 3 nitrogen and oxygen atoms in total. The normalized spacial score (nSPS) is 18.1. The van der Waals surface area contributed by atoms with Gasteiger partial charge in [0.25, 0.3) is 0 Å². The number of likely N-dealkylation sites (tertiary alicyclic amines) is 1. The summed E-state index contributed by atoms with van der Waals surface area (Å²) in [6, 6.07) is 18.7. The van der Waals surface area contributed by atoms with E-state index >= 15 is 0 Å². The molecule has 1 aliphatic heterocycles. The van der Waals surface area contributed by atoms with E-state index in [-0.39, 0.29) is 5.63 Å². The van der Waals surface area contributed by atoms with Crippen LogP contribution < -0.4 is 5.63 Å². The quantitative estimate of drug-likeness (QED) is 0.364. The molecule has 0 aliphatic carbocycles. The summed E-state index contributed by atoms with van der Waals surface area (Å²) in [6.07, 6.45) is 2.38. The van der Waals surface area contributed by atoms with Gasteiger partial charge in [-0.3, -0.25) is 4.90 Å². The molecule has 4 aromatic rings. The van der Waals surface area contributed by atoms with Crippen LogP contribution in [0.1, 0.15) is 29.3 Å². The van der Waals surface area contributed by atoms with Crippen LogP contribution >= 0.6 is 11.3 Å². The van der Waals surface area contributed by atoms with Gasteiger partial charge in [-0.15, -0.1) is 11.3 Å². The first-order valence-electron chi connectivity index (χ1n) is 9.01. The Bertz CT molecular complexity index is 1130. The van der Waals surface area contributed by atoms with Crippen molar-refractivity contribution in [3.05, 3.63) is 80.8 Å². The summed E-state index contributed by atoms with van der Waals surface area (Å²) in [4.78, 5) is 16.1. The zero-order valence-corrected chi connectivity index (χ0v) is 15.2. The highest BCUT2D eigenvalue weighted by atomic mass is 32.1. The molecule has 0 radical (unpaired) electrons. The van der Waals surface area contributed by atoms with Crippen LogP contribution in [-0.2, 0) is 6.54 Å². The van der Waals surface area contributed by atoms with E-state index in [0.29, 0.717) is 11.6 Å². The molecule has 5 rings (SSSR count). The van der Waals surface area contributed by atoms with E-state index in [0.717, 1.165) is 29.4 Å². The Morgan fingerprint density at radius 3 is 2.92 bits per heavy atom. The largest absolute Gasteiger partial charge is 0.423 e. The molecule has 0 amide bonds. The van der Waals surface area contributed by atoms with Crippen molar-refractivity contribution < 1.29 is 4.42 Å². The second-order valence-corrected chi connectivity index (χ2v) is 7.87. The summed E-state index contributed by atoms with van der Waals surface area (Å²) in [5, 5.41) is 5.53. The van der Waals surface area contributed by atoms with Crippen LogP contribution in [0.3, 0.4) is 0 Å². The number of thiophene rings is 1. The molecule has 3 heterocycles. The molecule has 0 N–H and O–H groups in total. The third-order valence-corrected chi connectivity index (χ3v) is 6.30. The first kappa shape index (κ1) is 15.8. The Hall–Kier alpha value is -2.43. The lowest BCUT2D eigenvalue weighted by molar-refractivity contribution is 0.252. The summed E-state index contributed by atoms with van der Waals surface area (Å²) in [6.45, 7) is 1.84. The van der Waals surface area contributed by atoms with Crippen LogP contribution in [-0.4, -0.2) is 11.4 Å². The molecule has 1 fully saturated rings. The molecule has 1 atom stereocenters. The molecule has 26 heavy (non-hydrogen) atoms. The number of benzene rings is 2. The average molecular weight is 361 g/mol. The Balaban J connectivity index is 1.64. The summed E-state index contributed by atoms with van der Waals surface area (Å²) < 4.78 is 5.50. The molecule has 1 aliphatic rings. The Labute approximate surface area is 155 Å². The van der Waals surface area contributed by atoms with E-state index in [9.17, 15) is 4.79 Å². The predicted molar refractivity (Wildman–Crippen MR) is 107 cm³/mol. The van der Waals surface area contributed by atoms with Crippen molar-refractivity contribution in [3.63, 3.8) is 0 Å². The minimum Gasteiger partial charge on any atom is -0.423 e. The van der Waals surface area contributed by atoms with Gasteiger partial charge >= 0.3 is 5.63 Å². The van der Waals surface area contributed by atoms with Gasteiger partial charge in [-0.1, -0.05) is 36.4 Å².